The van der Waals surface area contributed by atoms with Crippen molar-refractivity contribution in [1.29, 1.82) is 0 Å². The fraction of sp³-hybridized carbons (Fsp3) is 0.529. The van der Waals surface area contributed by atoms with Gasteiger partial charge in [0.25, 0.3) is 5.91 Å². The zero-order valence-electron chi connectivity index (χ0n) is 14.9. The van der Waals surface area contributed by atoms with Crippen LogP contribution in [0.4, 0.5) is 5.82 Å². The Kier molecular flexibility index (Phi) is 5.73. The number of anilines is 1. The van der Waals surface area contributed by atoms with Gasteiger partial charge in [0.1, 0.15) is 17.9 Å². The monoisotopic (exact) mass is 347 g/mol. The van der Waals surface area contributed by atoms with Crippen LogP contribution >= 0.6 is 0 Å². The van der Waals surface area contributed by atoms with Crippen LogP contribution in [0.5, 0.6) is 0 Å². The van der Waals surface area contributed by atoms with Crippen molar-refractivity contribution in [2.45, 2.75) is 45.3 Å². The molecular weight excluding hydrogens is 322 g/mol. The number of carbonyl (C=O) groups is 3. The van der Waals surface area contributed by atoms with E-state index in [1.807, 2.05) is 19.9 Å². The maximum atomic E-state index is 13.2. The van der Waals surface area contributed by atoms with E-state index in [1.165, 1.54) is 4.90 Å². The highest BCUT2D eigenvalue weighted by molar-refractivity contribution is 6.05. The lowest BCUT2D eigenvalue weighted by Gasteiger charge is -2.30. The summed E-state index contributed by atoms with van der Waals surface area (Å²) in [6.07, 6.45) is 1.89. The second-order valence-electron chi connectivity index (χ2n) is 6.56. The molecule has 0 aliphatic carbocycles. The molecule has 3 atom stereocenters. The lowest BCUT2D eigenvalue weighted by Crippen LogP contribution is -2.58. The Hall–Kier alpha value is -2.48. The summed E-state index contributed by atoms with van der Waals surface area (Å²) in [5.41, 5.74) is 6.28. The predicted octanol–water partition coefficient (Wildman–Crippen LogP) is -0.427. The van der Waals surface area contributed by atoms with Crippen LogP contribution in [0, 0.1) is 5.92 Å². The molecule has 0 bridgehead atoms. The molecule has 3 amide bonds. The number of pyridine rings is 1. The van der Waals surface area contributed by atoms with Gasteiger partial charge in [0, 0.05) is 12.6 Å². The molecule has 0 saturated carbocycles. The van der Waals surface area contributed by atoms with Gasteiger partial charge in [-0.15, -0.1) is 0 Å². The van der Waals surface area contributed by atoms with Crippen molar-refractivity contribution in [2.75, 3.05) is 11.9 Å². The number of hydrogen-bond donors (Lipinski definition) is 3. The highest BCUT2D eigenvalue weighted by atomic mass is 16.2. The molecule has 2 unspecified atom stereocenters. The largest absolute Gasteiger partial charge is 0.368 e. The van der Waals surface area contributed by atoms with Crippen molar-refractivity contribution in [1.82, 2.24) is 15.6 Å². The van der Waals surface area contributed by atoms with E-state index in [2.05, 4.69) is 15.6 Å². The first-order chi connectivity index (χ1) is 11.8. The summed E-state index contributed by atoms with van der Waals surface area (Å²) in [6, 6.07) is 1.55. The van der Waals surface area contributed by atoms with Crippen molar-refractivity contribution in [3.8, 4) is 0 Å². The maximum Gasteiger partial charge on any atom is 0.251 e. The Morgan fingerprint density at radius 1 is 1.32 bits per heavy atom. The molecule has 0 fully saturated rings. The SMILES string of the molecule is CN[C@@H](C)C(=O)NC(C(=O)N1c2ncccc2CC1C(N)=O)C(C)C. The minimum atomic E-state index is -0.794. The summed E-state index contributed by atoms with van der Waals surface area (Å²) in [5.74, 6) is -0.998. The van der Waals surface area contributed by atoms with Gasteiger partial charge in [0.15, 0.2) is 0 Å². The third-order valence-corrected chi connectivity index (χ3v) is 4.44. The van der Waals surface area contributed by atoms with E-state index in [0.29, 0.717) is 12.2 Å². The lowest BCUT2D eigenvalue weighted by molar-refractivity contribution is -0.130. The first kappa shape index (κ1) is 18.9. The van der Waals surface area contributed by atoms with Crippen LogP contribution in [0.2, 0.25) is 0 Å². The van der Waals surface area contributed by atoms with E-state index in [-0.39, 0.29) is 17.7 Å². The van der Waals surface area contributed by atoms with E-state index in [0.717, 1.165) is 5.56 Å². The van der Waals surface area contributed by atoms with E-state index >= 15 is 0 Å². The van der Waals surface area contributed by atoms with Gasteiger partial charge < -0.3 is 16.4 Å². The first-order valence-electron chi connectivity index (χ1n) is 8.31. The molecule has 0 aromatic carbocycles. The van der Waals surface area contributed by atoms with Gasteiger partial charge in [-0.3, -0.25) is 19.3 Å². The summed E-state index contributed by atoms with van der Waals surface area (Å²) in [7, 11) is 1.67. The van der Waals surface area contributed by atoms with E-state index in [4.69, 9.17) is 5.73 Å². The number of hydrogen-bond acceptors (Lipinski definition) is 5. The molecule has 4 N–H and O–H groups in total. The molecule has 25 heavy (non-hydrogen) atoms. The summed E-state index contributed by atoms with van der Waals surface area (Å²) in [4.78, 5) is 42.8. The fourth-order valence-corrected chi connectivity index (χ4v) is 2.81. The summed E-state index contributed by atoms with van der Waals surface area (Å²) in [5, 5.41) is 5.60. The molecule has 1 aliphatic rings. The maximum absolute atomic E-state index is 13.2. The van der Waals surface area contributed by atoms with Crippen molar-refractivity contribution < 1.29 is 14.4 Å². The number of nitrogens with zero attached hydrogens (tertiary/aromatic N) is 2. The molecule has 8 nitrogen and oxygen atoms in total. The minimum Gasteiger partial charge on any atom is -0.368 e. The molecule has 0 saturated heterocycles. The average molecular weight is 347 g/mol. The number of nitrogens with two attached hydrogens (primary N) is 1. The third-order valence-electron chi connectivity index (χ3n) is 4.44. The van der Waals surface area contributed by atoms with Crippen LogP contribution in [0.3, 0.4) is 0 Å². The van der Waals surface area contributed by atoms with Gasteiger partial charge in [-0.1, -0.05) is 19.9 Å². The number of amides is 3. The normalized spacial score (nSPS) is 18.6. The number of nitrogens with one attached hydrogen (secondary N) is 2. The number of aromatic nitrogens is 1. The van der Waals surface area contributed by atoms with Crippen LogP contribution in [0.15, 0.2) is 18.3 Å². The Morgan fingerprint density at radius 3 is 2.56 bits per heavy atom. The number of primary amides is 1. The Labute approximate surface area is 147 Å². The van der Waals surface area contributed by atoms with Gasteiger partial charge in [-0.05, 0) is 31.5 Å². The Morgan fingerprint density at radius 2 is 2.00 bits per heavy atom. The van der Waals surface area contributed by atoms with Crippen LogP contribution in [0.1, 0.15) is 26.3 Å². The molecule has 1 aromatic rings. The predicted molar refractivity (Wildman–Crippen MR) is 93.7 cm³/mol. The molecule has 0 spiro atoms. The van der Waals surface area contributed by atoms with Crippen molar-refractivity contribution in [3.05, 3.63) is 23.9 Å². The molecule has 136 valence electrons. The summed E-state index contributed by atoms with van der Waals surface area (Å²) < 4.78 is 0. The smallest absolute Gasteiger partial charge is 0.251 e. The number of carbonyl (C=O) groups excluding carboxylic acids is 3. The van der Waals surface area contributed by atoms with Crippen LogP contribution in [-0.2, 0) is 20.8 Å². The number of rotatable bonds is 6. The first-order valence-corrected chi connectivity index (χ1v) is 8.31. The molecule has 2 rings (SSSR count). The van der Waals surface area contributed by atoms with Crippen LogP contribution < -0.4 is 21.3 Å². The standard InChI is InChI=1S/C17H25N5O3/c1-9(2)13(21-16(24)10(3)19-4)17(25)22-12(14(18)23)8-11-6-5-7-20-15(11)22/h5-7,9-10,12-13,19H,8H2,1-4H3,(H2,18,23)(H,21,24)/t10-,12?,13?/m0/s1. The Bertz CT molecular complexity index is 676. The van der Waals surface area contributed by atoms with Gasteiger partial charge in [0.2, 0.25) is 11.8 Å². The van der Waals surface area contributed by atoms with Crippen molar-refractivity contribution >= 4 is 23.5 Å². The van der Waals surface area contributed by atoms with E-state index < -0.39 is 24.0 Å². The van der Waals surface area contributed by atoms with E-state index in [9.17, 15) is 14.4 Å². The summed E-state index contributed by atoms with van der Waals surface area (Å²) in [6.45, 7) is 5.37. The van der Waals surface area contributed by atoms with Gasteiger partial charge in [0.05, 0.1) is 6.04 Å². The third kappa shape index (κ3) is 3.79. The zero-order valence-corrected chi connectivity index (χ0v) is 14.9. The molecule has 0 radical (unpaired) electrons. The van der Waals surface area contributed by atoms with Gasteiger partial charge in [-0.25, -0.2) is 4.98 Å². The van der Waals surface area contributed by atoms with Crippen LogP contribution in [-0.4, -0.2) is 47.9 Å². The minimum absolute atomic E-state index is 0.165. The molecule has 1 aliphatic heterocycles. The van der Waals surface area contributed by atoms with Crippen molar-refractivity contribution in [3.63, 3.8) is 0 Å². The number of likely N-dealkylation sites (N-methyl/N-ethyl adjacent to an activating group) is 1. The highest BCUT2D eigenvalue weighted by Crippen LogP contribution is 2.31. The lowest BCUT2D eigenvalue weighted by atomic mass is 10.0. The molecule has 2 heterocycles. The zero-order chi connectivity index (χ0) is 18.7. The fourth-order valence-electron chi connectivity index (χ4n) is 2.81. The van der Waals surface area contributed by atoms with E-state index in [1.54, 1.807) is 26.2 Å². The topological polar surface area (TPSA) is 117 Å². The van der Waals surface area contributed by atoms with Gasteiger partial charge >= 0.3 is 0 Å². The van der Waals surface area contributed by atoms with Crippen LogP contribution in [0.25, 0.3) is 0 Å². The van der Waals surface area contributed by atoms with Gasteiger partial charge in [-0.2, -0.15) is 0 Å². The second kappa shape index (κ2) is 7.60. The second-order valence-corrected chi connectivity index (χ2v) is 6.56. The average Bonchev–Trinajstić information content (AvgIpc) is 2.97. The molecule has 1 aromatic heterocycles. The summed E-state index contributed by atoms with van der Waals surface area (Å²) >= 11 is 0. The molecular formula is C17H25N5O3. The Balaban J connectivity index is 2.33. The number of fused-ring (bicyclic) bond motifs is 1. The molecule has 8 heteroatoms. The highest BCUT2D eigenvalue weighted by Gasteiger charge is 2.42. The van der Waals surface area contributed by atoms with Crippen molar-refractivity contribution in [2.24, 2.45) is 11.7 Å². The quantitative estimate of drug-likeness (QED) is 0.646.